The molecule has 1 amide bonds. The number of nitrogens with zero attached hydrogens (tertiary/aromatic N) is 4. The summed E-state index contributed by atoms with van der Waals surface area (Å²) in [5, 5.41) is 3.38. The van der Waals surface area contributed by atoms with Crippen LogP contribution in [0.15, 0.2) is 35.4 Å². The van der Waals surface area contributed by atoms with Gasteiger partial charge in [-0.1, -0.05) is 18.2 Å². The molecule has 1 aromatic carbocycles. The maximum Gasteiger partial charge on any atom is 0.266 e. The highest BCUT2D eigenvalue weighted by molar-refractivity contribution is 5.99. The van der Waals surface area contributed by atoms with Crippen LogP contribution in [0.4, 0.5) is 19.0 Å². The van der Waals surface area contributed by atoms with Crippen LogP contribution >= 0.6 is 0 Å². The number of aromatic nitrogens is 3. The molecule has 12 heteroatoms. The monoisotopic (exact) mass is 503 g/mol. The van der Waals surface area contributed by atoms with Gasteiger partial charge in [0.1, 0.15) is 34.7 Å². The van der Waals surface area contributed by atoms with Crippen molar-refractivity contribution in [3.63, 3.8) is 0 Å². The van der Waals surface area contributed by atoms with Gasteiger partial charge in [0.15, 0.2) is 0 Å². The Hall–Kier alpha value is -3.51. The van der Waals surface area contributed by atoms with Crippen molar-refractivity contribution < 1.29 is 27.4 Å². The van der Waals surface area contributed by atoms with Crippen molar-refractivity contribution in [2.45, 2.75) is 24.9 Å². The molecule has 1 spiro atoms. The van der Waals surface area contributed by atoms with Gasteiger partial charge in [-0.15, -0.1) is 0 Å². The van der Waals surface area contributed by atoms with Crippen molar-refractivity contribution >= 4 is 22.8 Å². The standard InChI is InChI=1S/C24H24F3N5O4/c1-13(14-4-3-5-15(18(14)25)19(26)27)30-20-16-8-17(22(33)31(2)21(16)29-12-28-20)23(34)32-6-7-35-9-24(32)10-36-11-24/h3-5,8,12-13,19H,6-7,9-11H2,1-2H3,(H,28,29,30)/t13-/m1/s1. The SMILES string of the molecule is C[C@@H](Nc1ncnc2c1cc(C(=O)N1CCOCC13COC3)c(=O)n2C)c1cccc(C(F)F)c1F. The number of amides is 1. The first-order valence-electron chi connectivity index (χ1n) is 11.4. The third-order valence-electron chi connectivity index (χ3n) is 6.74. The fourth-order valence-electron chi connectivity index (χ4n) is 4.66. The Kier molecular flexibility index (Phi) is 6.17. The molecule has 190 valence electrons. The van der Waals surface area contributed by atoms with Crippen LogP contribution < -0.4 is 10.9 Å². The summed E-state index contributed by atoms with van der Waals surface area (Å²) in [5.41, 5.74) is -1.61. The number of anilines is 1. The van der Waals surface area contributed by atoms with Crippen molar-refractivity contribution in [3.8, 4) is 0 Å². The highest BCUT2D eigenvalue weighted by Crippen LogP contribution is 2.32. The number of nitrogens with one attached hydrogen (secondary N) is 1. The lowest BCUT2D eigenvalue weighted by Gasteiger charge is -2.51. The molecule has 0 saturated carbocycles. The molecular weight excluding hydrogens is 479 g/mol. The number of carbonyl (C=O) groups is 1. The summed E-state index contributed by atoms with van der Waals surface area (Å²) in [5.74, 6) is -1.24. The molecule has 2 saturated heterocycles. The van der Waals surface area contributed by atoms with E-state index in [1.165, 1.54) is 36.1 Å². The topological polar surface area (TPSA) is 98.6 Å². The Bertz CT molecular complexity index is 1390. The fourth-order valence-corrected chi connectivity index (χ4v) is 4.66. The number of carbonyl (C=O) groups excluding carboxylic acids is 1. The zero-order valence-electron chi connectivity index (χ0n) is 19.6. The predicted octanol–water partition coefficient (Wildman–Crippen LogP) is 2.82. The molecule has 0 radical (unpaired) electrons. The molecule has 36 heavy (non-hydrogen) atoms. The van der Waals surface area contributed by atoms with Crippen LogP contribution in [0.5, 0.6) is 0 Å². The average Bonchev–Trinajstić information content (AvgIpc) is 2.85. The second-order valence-electron chi connectivity index (χ2n) is 9.03. The molecule has 0 bridgehead atoms. The molecule has 2 fully saturated rings. The van der Waals surface area contributed by atoms with Gasteiger partial charge in [-0.3, -0.25) is 14.2 Å². The van der Waals surface area contributed by atoms with Gasteiger partial charge in [-0.05, 0) is 13.0 Å². The first-order chi connectivity index (χ1) is 17.2. The normalized spacial score (nSPS) is 17.9. The lowest BCUT2D eigenvalue weighted by Crippen LogP contribution is -2.69. The van der Waals surface area contributed by atoms with Crippen LogP contribution in [-0.4, -0.2) is 63.9 Å². The Morgan fingerprint density at radius 3 is 2.58 bits per heavy atom. The first kappa shape index (κ1) is 24.2. The number of pyridine rings is 1. The third-order valence-corrected chi connectivity index (χ3v) is 6.74. The van der Waals surface area contributed by atoms with Crippen molar-refractivity contribution in [1.29, 1.82) is 0 Å². The lowest BCUT2D eigenvalue weighted by atomic mass is 9.93. The van der Waals surface area contributed by atoms with Crippen LogP contribution in [-0.2, 0) is 16.5 Å². The van der Waals surface area contributed by atoms with Crippen LogP contribution in [0.3, 0.4) is 0 Å². The van der Waals surface area contributed by atoms with Crippen molar-refractivity contribution in [3.05, 3.63) is 63.5 Å². The molecule has 3 aromatic rings. The Balaban J connectivity index is 1.54. The van der Waals surface area contributed by atoms with Crippen molar-refractivity contribution in [2.24, 2.45) is 7.05 Å². The minimum atomic E-state index is -2.95. The molecule has 9 nitrogen and oxygen atoms in total. The Labute approximate surface area is 203 Å². The number of rotatable bonds is 5. The molecule has 0 unspecified atom stereocenters. The van der Waals surface area contributed by atoms with E-state index in [4.69, 9.17) is 9.47 Å². The van der Waals surface area contributed by atoms with Gasteiger partial charge in [0.05, 0.1) is 43.4 Å². The summed E-state index contributed by atoms with van der Waals surface area (Å²) in [6.07, 6.45) is -1.72. The summed E-state index contributed by atoms with van der Waals surface area (Å²) in [6, 6.07) is 4.47. The zero-order chi connectivity index (χ0) is 25.6. The molecule has 1 atom stereocenters. The summed E-state index contributed by atoms with van der Waals surface area (Å²) in [4.78, 5) is 36.7. The van der Waals surface area contributed by atoms with Crippen molar-refractivity contribution in [2.75, 3.05) is 38.3 Å². The summed E-state index contributed by atoms with van der Waals surface area (Å²) >= 11 is 0. The van der Waals surface area contributed by atoms with Gasteiger partial charge in [-0.25, -0.2) is 23.1 Å². The summed E-state index contributed by atoms with van der Waals surface area (Å²) in [7, 11) is 1.50. The highest BCUT2D eigenvalue weighted by atomic mass is 19.3. The second-order valence-corrected chi connectivity index (χ2v) is 9.03. The van der Waals surface area contributed by atoms with Crippen molar-refractivity contribution in [1.82, 2.24) is 19.4 Å². The number of aryl methyl sites for hydroxylation is 1. The number of benzene rings is 1. The number of ether oxygens (including phenoxy) is 2. The van der Waals surface area contributed by atoms with E-state index in [9.17, 15) is 22.8 Å². The van der Waals surface area contributed by atoms with Crippen LogP contribution in [0.1, 0.15) is 40.9 Å². The summed E-state index contributed by atoms with van der Waals surface area (Å²) < 4.78 is 53.2. The largest absolute Gasteiger partial charge is 0.377 e. The fraction of sp³-hybridized carbons (Fsp3) is 0.417. The summed E-state index contributed by atoms with van der Waals surface area (Å²) in [6.45, 7) is 3.23. The van der Waals surface area contributed by atoms with E-state index in [2.05, 4.69) is 15.3 Å². The van der Waals surface area contributed by atoms with Gasteiger partial charge in [0, 0.05) is 19.2 Å². The smallest absolute Gasteiger partial charge is 0.266 e. The van der Waals surface area contributed by atoms with E-state index >= 15 is 0 Å². The van der Waals surface area contributed by atoms with E-state index in [0.29, 0.717) is 38.4 Å². The quantitative estimate of drug-likeness (QED) is 0.572. The molecular formula is C24H24F3N5O4. The lowest BCUT2D eigenvalue weighted by molar-refractivity contribution is -0.181. The maximum absolute atomic E-state index is 14.7. The number of morpholine rings is 1. The van der Waals surface area contributed by atoms with E-state index in [0.717, 1.165) is 6.07 Å². The molecule has 1 N–H and O–H groups in total. The number of hydrogen-bond acceptors (Lipinski definition) is 7. The van der Waals surface area contributed by atoms with Gasteiger partial charge in [0.25, 0.3) is 17.9 Å². The van der Waals surface area contributed by atoms with Gasteiger partial charge in [0.2, 0.25) is 0 Å². The van der Waals surface area contributed by atoms with Gasteiger partial charge < -0.3 is 19.7 Å². The number of alkyl halides is 2. The number of fused-ring (bicyclic) bond motifs is 1. The van der Waals surface area contributed by atoms with E-state index in [-0.39, 0.29) is 22.6 Å². The van der Waals surface area contributed by atoms with E-state index < -0.39 is 40.9 Å². The second kappa shape index (κ2) is 9.17. The van der Waals surface area contributed by atoms with E-state index in [1.54, 1.807) is 11.8 Å². The van der Waals surface area contributed by atoms with Crippen LogP contribution in [0.25, 0.3) is 11.0 Å². The third kappa shape index (κ3) is 3.90. The molecule has 5 rings (SSSR count). The minimum absolute atomic E-state index is 0.0286. The Morgan fingerprint density at radius 2 is 1.89 bits per heavy atom. The first-order valence-corrected chi connectivity index (χ1v) is 11.4. The van der Waals surface area contributed by atoms with Gasteiger partial charge >= 0.3 is 0 Å². The minimum Gasteiger partial charge on any atom is -0.377 e. The number of halogens is 3. The molecule has 2 aromatic heterocycles. The predicted molar refractivity (Wildman–Crippen MR) is 124 cm³/mol. The maximum atomic E-state index is 14.7. The molecule has 4 heterocycles. The highest BCUT2D eigenvalue weighted by Gasteiger charge is 2.49. The molecule has 2 aliphatic rings. The zero-order valence-corrected chi connectivity index (χ0v) is 19.6. The molecule has 0 aliphatic carbocycles. The van der Waals surface area contributed by atoms with Crippen LogP contribution in [0, 0.1) is 5.82 Å². The Morgan fingerprint density at radius 1 is 1.17 bits per heavy atom. The number of hydrogen-bond donors (Lipinski definition) is 1. The van der Waals surface area contributed by atoms with Gasteiger partial charge in [-0.2, -0.15) is 0 Å². The van der Waals surface area contributed by atoms with E-state index in [1.807, 2.05) is 0 Å². The average molecular weight is 503 g/mol. The molecule has 2 aliphatic heterocycles. The van der Waals surface area contributed by atoms with Crippen LogP contribution in [0.2, 0.25) is 0 Å².